The Morgan fingerprint density at radius 3 is 2.48 bits per heavy atom. The number of rotatable bonds is 5. The highest BCUT2D eigenvalue weighted by atomic mass is 32.2. The monoisotopic (exact) mass is 311 g/mol. The van der Waals surface area contributed by atoms with E-state index in [1.54, 1.807) is 16.4 Å². The fourth-order valence-corrected chi connectivity index (χ4v) is 3.81. The molecule has 0 saturated carbocycles. The summed E-state index contributed by atoms with van der Waals surface area (Å²) in [6.07, 6.45) is 0. The second kappa shape index (κ2) is 6.87. The molecule has 21 heavy (non-hydrogen) atoms. The fraction of sp³-hybridized carbons (Fsp3) is 0.600. The van der Waals surface area contributed by atoms with Crippen molar-refractivity contribution in [2.45, 2.75) is 31.3 Å². The Bertz CT molecular complexity index is 564. The third kappa shape index (κ3) is 4.26. The van der Waals surface area contributed by atoms with E-state index in [1.807, 2.05) is 19.2 Å². The average Bonchev–Trinajstić information content (AvgIpc) is 2.46. The summed E-state index contributed by atoms with van der Waals surface area (Å²) in [5.74, 6) is 0. The Hall–Kier alpha value is -0.950. The Kier molecular flexibility index (Phi) is 5.37. The lowest BCUT2D eigenvalue weighted by atomic mass is 10.2. The van der Waals surface area contributed by atoms with Crippen LogP contribution in [0, 0.1) is 0 Å². The average molecular weight is 311 g/mol. The topological polar surface area (TPSA) is 52.7 Å². The van der Waals surface area contributed by atoms with Gasteiger partial charge >= 0.3 is 0 Å². The molecule has 2 rings (SSSR count). The van der Waals surface area contributed by atoms with Gasteiger partial charge in [0.05, 0.1) is 4.90 Å². The smallest absolute Gasteiger partial charge is 0.243 e. The molecule has 1 saturated heterocycles. The molecular weight excluding hydrogens is 286 g/mol. The molecule has 1 N–H and O–H groups in total. The van der Waals surface area contributed by atoms with Crippen LogP contribution in [-0.2, 0) is 16.6 Å². The van der Waals surface area contributed by atoms with E-state index in [9.17, 15) is 8.42 Å². The third-order valence-electron chi connectivity index (χ3n) is 3.71. The summed E-state index contributed by atoms with van der Waals surface area (Å²) in [5, 5.41) is 3.31. The standard InChI is InChI=1S/C15H25N3O2S/c1-13(2)16-12-14-5-4-6-15(11-14)21(19,20)18-9-7-17(3)8-10-18/h4-6,11,13,16H,7-10,12H2,1-3H3. The molecular formula is C15H25N3O2S. The van der Waals surface area contributed by atoms with E-state index >= 15 is 0 Å². The Labute approximate surface area is 128 Å². The molecule has 0 aromatic heterocycles. The van der Waals surface area contributed by atoms with E-state index in [1.165, 1.54) is 0 Å². The van der Waals surface area contributed by atoms with Gasteiger partial charge in [-0.25, -0.2) is 8.42 Å². The van der Waals surface area contributed by atoms with Crippen LogP contribution in [-0.4, -0.2) is 56.9 Å². The van der Waals surface area contributed by atoms with Gasteiger partial charge in [0.25, 0.3) is 0 Å². The molecule has 1 aromatic rings. The fourth-order valence-electron chi connectivity index (χ4n) is 2.32. The highest BCUT2D eigenvalue weighted by molar-refractivity contribution is 7.89. The molecule has 1 fully saturated rings. The minimum absolute atomic E-state index is 0.378. The summed E-state index contributed by atoms with van der Waals surface area (Å²) in [4.78, 5) is 2.55. The number of benzene rings is 1. The summed E-state index contributed by atoms with van der Waals surface area (Å²) in [6.45, 7) is 7.53. The van der Waals surface area contributed by atoms with Crippen LogP contribution in [0.1, 0.15) is 19.4 Å². The lowest BCUT2D eigenvalue weighted by Gasteiger charge is -2.31. The highest BCUT2D eigenvalue weighted by Gasteiger charge is 2.27. The van der Waals surface area contributed by atoms with E-state index in [0.717, 1.165) is 18.7 Å². The summed E-state index contributed by atoms with van der Waals surface area (Å²) in [5.41, 5.74) is 0.999. The summed E-state index contributed by atoms with van der Waals surface area (Å²) >= 11 is 0. The minimum atomic E-state index is -3.37. The predicted molar refractivity (Wildman–Crippen MR) is 84.7 cm³/mol. The first-order valence-electron chi connectivity index (χ1n) is 7.40. The molecule has 0 bridgehead atoms. The number of nitrogens with one attached hydrogen (secondary N) is 1. The van der Waals surface area contributed by atoms with Gasteiger partial charge in [-0.1, -0.05) is 26.0 Å². The first-order valence-corrected chi connectivity index (χ1v) is 8.84. The van der Waals surface area contributed by atoms with Crippen LogP contribution in [0.4, 0.5) is 0 Å². The number of nitrogens with zero attached hydrogens (tertiary/aromatic N) is 2. The summed E-state index contributed by atoms with van der Waals surface area (Å²) < 4.78 is 26.9. The number of sulfonamides is 1. The van der Waals surface area contributed by atoms with Crippen molar-refractivity contribution < 1.29 is 8.42 Å². The summed E-state index contributed by atoms with van der Waals surface area (Å²) in [7, 11) is -1.35. The lowest BCUT2D eigenvalue weighted by molar-refractivity contribution is 0.222. The molecule has 0 atom stereocenters. The molecule has 118 valence electrons. The molecule has 0 amide bonds. The van der Waals surface area contributed by atoms with E-state index in [-0.39, 0.29) is 0 Å². The second-order valence-electron chi connectivity index (χ2n) is 5.89. The van der Waals surface area contributed by atoms with Crippen LogP contribution < -0.4 is 5.32 Å². The minimum Gasteiger partial charge on any atom is -0.310 e. The van der Waals surface area contributed by atoms with Gasteiger partial charge in [-0.05, 0) is 24.7 Å². The molecule has 1 heterocycles. The van der Waals surface area contributed by atoms with Crippen molar-refractivity contribution in [1.82, 2.24) is 14.5 Å². The normalized spacial score (nSPS) is 18.3. The molecule has 0 spiro atoms. The van der Waals surface area contributed by atoms with E-state index in [0.29, 0.717) is 30.6 Å². The largest absolute Gasteiger partial charge is 0.310 e. The molecule has 1 aliphatic heterocycles. The van der Waals surface area contributed by atoms with Crippen LogP contribution in [0.15, 0.2) is 29.2 Å². The van der Waals surface area contributed by atoms with Gasteiger partial charge in [-0.3, -0.25) is 0 Å². The third-order valence-corrected chi connectivity index (χ3v) is 5.61. The molecule has 1 aromatic carbocycles. The van der Waals surface area contributed by atoms with E-state index in [4.69, 9.17) is 0 Å². The van der Waals surface area contributed by atoms with Gasteiger partial charge in [0.15, 0.2) is 0 Å². The Balaban J connectivity index is 2.14. The number of hydrogen-bond donors (Lipinski definition) is 1. The second-order valence-corrected chi connectivity index (χ2v) is 7.83. The van der Waals surface area contributed by atoms with Crippen LogP contribution in [0.25, 0.3) is 0 Å². The van der Waals surface area contributed by atoms with Gasteiger partial charge in [0.1, 0.15) is 0 Å². The molecule has 0 radical (unpaired) electrons. The number of piperazine rings is 1. The first-order chi connectivity index (χ1) is 9.89. The van der Waals surface area contributed by atoms with Gasteiger partial charge < -0.3 is 10.2 Å². The van der Waals surface area contributed by atoms with Crippen molar-refractivity contribution in [3.63, 3.8) is 0 Å². The first kappa shape index (κ1) is 16.4. The summed E-state index contributed by atoms with van der Waals surface area (Å²) in [6, 6.07) is 7.62. The maximum absolute atomic E-state index is 12.7. The number of likely N-dealkylation sites (N-methyl/N-ethyl adjacent to an activating group) is 1. The molecule has 0 unspecified atom stereocenters. The molecule has 6 heteroatoms. The highest BCUT2D eigenvalue weighted by Crippen LogP contribution is 2.18. The van der Waals surface area contributed by atoms with Crippen LogP contribution in [0.2, 0.25) is 0 Å². The van der Waals surface area contributed by atoms with Crippen molar-refractivity contribution in [1.29, 1.82) is 0 Å². The van der Waals surface area contributed by atoms with Crippen molar-refractivity contribution >= 4 is 10.0 Å². The zero-order chi connectivity index (χ0) is 15.5. The quantitative estimate of drug-likeness (QED) is 0.885. The van der Waals surface area contributed by atoms with Gasteiger partial charge in [-0.15, -0.1) is 0 Å². The van der Waals surface area contributed by atoms with Gasteiger partial charge in [0.2, 0.25) is 10.0 Å². The Morgan fingerprint density at radius 1 is 1.19 bits per heavy atom. The molecule has 5 nitrogen and oxygen atoms in total. The van der Waals surface area contributed by atoms with Crippen molar-refractivity contribution in [3.05, 3.63) is 29.8 Å². The van der Waals surface area contributed by atoms with Crippen molar-refractivity contribution in [2.24, 2.45) is 0 Å². The predicted octanol–water partition coefficient (Wildman–Crippen LogP) is 1.12. The van der Waals surface area contributed by atoms with Crippen molar-refractivity contribution in [3.8, 4) is 0 Å². The molecule has 0 aliphatic carbocycles. The SMILES string of the molecule is CC(C)NCc1cccc(S(=O)(=O)N2CCN(C)CC2)c1. The Morgan fingerprint density at radius 2 is 1.86 bits per heavy atom. The van der Waals surface area contributed by atoms with Gasteiger partial charge in [0, 0.05) is 38.8 Å². The van der Waals surface area contributed by atoms with Crippen LogP contribution >= 0.6 is 0 Å². The van der Waals surface area contributed by atoms with Gasteiger partial charge in [-0.2, -0.15) is 4.31 Å². The maximum Gasteiger partial charge on any atom is 0.243 e. The maximum atomic E-state index is 12.7. The zero-order valence-corrected chi connectivity index (χ0v) is 13.9. The van der Waals surface area contributed by atoms with Crippen LogP contribution in [0.5, 0.6) is 0 Å². The van der Waals surface area contributed by atoms with E-state index in [2.05, 4.69) is 24.1 Å². The van der Waals surface area contributed by atoms with Crippen LogP contribution in [0.3, 0.4) is 0 Å². The lowest BCUT2D eigenvalue weighted by Crippen LogP contribution is -2.47. The zero-order valence-electron chi connectivity index (χ0n) is 13.0. The number of hydrogen-bond acceptors (Lipinski definition) is 4. The van der Waals surface area contributed by atoms with Crippen molar-refractivity contribution in [2.75, 3.05) is 33.2 Å². The van der Waals surface area contributed by atoms with E-state index < -0.39 is 10.0 Å². The molecule has 1 aliphatic rings.